The number of fused-ring (bicyclic) bond motifs is 7. The van der Waals surface area contributed by atoms with Crippen LogP contribution >= 0.6 is 0 Å². The van der Waals surface area contributed by atoms with Crippen molar-refractivity contribution in [1.82, 2.24) is 0 Å². The fraction of sp³-hybridized carbons (Fsp3) is 1.00. The van der Waals surface area contributed by atoms with Gasteiger partial charge in [0.1, 0.15) is 18.3 Å². The summed E-state index contributed by atoms with van der Waals surface area (Å²) in [6.45, 7) is 11.7. The quantitative estimate of drug-likeness (QED) is 0.328. The minimum Gasteiger partial charge on any atom is -0.393 e. The van der Waals surface area contributed by atoms with Gasteiger partial charge < -0.3 is 34.3 Å². The monoisotopic (exact) mass is 658 g/mol. The van der Waals surface area contributed by atoms with Crippen LogP contribution in [-0.2, 0) is 33.5 Å². The van der Waals surface area contributed by atoms with Gasteiger partial charge >= 0.3 is 10.4 Å². The number of aliphatic hydroxyl groups excluding tert-OH is 3. The van der Waals surface area contributed by atoms with E-state index in [1.807, 2.05) is 0 Å². The highest BCUT2D eigenvalue weighted by atomic mass is 32.3. The van der Waals surface area contributed by atoms with Gasteiger partial charge in [-0.3, -0.25) is 4.55 Å². The lowest BCUT2D eigenvalue weighted by atomic mass is 9.43. The van der Waals surface area contributed by atoms with Crippen LogP contribution in [0.15, 0.2) is 0 Å². The van der Waals surface area contributed by atoms with Gasteiger partial charge in [-0.05, 0) is 98.2 Å². The van der Waals surface area contributed by atoms with Crippen molar-refractivity contribution in [2.45, 2.75) is 147 Å². The maximum absolute atomic E-state index is 11.4. The lowest BCUT2D eigenvalue weighted by molar-refractivity contribution is -0.326. The lowest BCUT2D eigenvalue weighted by Gasteiger charge is -2.63. The van der Waals surface area contributed by atoms with Crippen molar-refractivity contribution in [3.8, 4) is 0 Å². The molecule has 45 heavy (non-hydrogen) atoms. The molecule has 258 valence electrons. The average Bonchev–Trinajstić information content (AvgIpc) is 3.41. The summed E-state index contributed by atoms with van der Waals surface area (Å²) in [5, 5.41) is 32.7. The molecule has 3 heterocycles. The lowest BCUT2D eigenvalue weighted by Crippen LogP contribution is -2.63. The van der Waals surface area contributed by atoms with E-state index in [4.69, 9.17) is 18.9 Å². The Bertz CT molecular complexity index is 1220. The van der Waals surface area contributed by atoms with Crippen LogP contribution in [0.5, 0.6) is 0 Å². The first-order valence-electron chi connectivity index (χ1n) is 17.4. The minimum absolute atomic E-state index is 0.166. The summed E-state index contributed by atoms with van der Waals surface area (Å²) in [6, 6.07) is 0. The highest BCUT2D eigenvalue weighted by molar-refractivity contribution is 7.80. The Morgan fingerprint density at radius 3 is 2.33 bits per heavy atom. The molecule has 3 aliphatic heterocycles. The second-order valence-electron chi connectivity index (χ2n) is 16.5. The topological polar surface area (TPSA) is 161 Å². The fourth-order valence-corrected chi connectivity index (χ4v) is 12.6. The largest absolute Gasteiger partial charge is 0.397 e. The van der Waals surface area contributed by atoms with Crippen LogP contribution in [0.25, 0.3) is 0 Å². The third kappa shape index (κ3) is 5.18. The molecule has 18 atom stereocenters. The van der Waals surface area contributed by atoms with Crippen LogP contribution in [0.4, 0.5) is 0 Å². The molecule has 0 radical (unpaired) electrons. The van der Waals surface area contributed by atoms with E-state index in [1.54, 1.807) is 0 Å². The number of ether oxygens (including phenoxy) is 4. The predicted octanol–water partition coefficient (Wildman–Crippen LogP) is 3.44. The van der Waals surface area contributed by atoms with Crippen molar-refractivity contribution < 1.29 is 51.4 Å². The molecule has 0 aromatic rings. The van der Waals surface area contributed by atoms with E-state index >= 15 is 0 Å². The van der Waals surface area contributed by atoms with Gasteiger partial charge in [0.25, 0.3) is 0 Å². The molecule has 11 nitrogen and oxygen atoms in total. The van der Waals surface area contributed by atoms with Crippen LogP contribution in [0.3, 0.4) is 0 Å². The molecule has 0 aromatic carbocycles. The van der Waals surface area contributed by atoms with Gasteiger partial charge in [-0.25, -0.2) is 4.18 Å². The summed E-state index contributed by atoms with van der Waals surface area (Å²) in [5.74, 6) is 2.57. The smallest absolute Gasteiger partial charge is 0.393 e. The van der Waals surface area contributed by atoms with E-state index < -0.39 is 59.1 Å². The highest BCUT2D eigenvalue weighted by Gasteiger charge is 2.70. The number of aliphatic hydroxyl groups is 3. The maximum Gasteiger partial charge on any atom is 0.397 e. The van der Waals surface area contributed by atoms with Gasteiger partial charge in [0.15, 0.2) is 12.1 Å². The van der Waals surface area contributed by atoms with Crippen LogP contribution in [0.2, 0.25) is 0 Å². The minimum atomic E-state index is -4.88. The molecule has 0 aromatic heterocycles. The normalized spacial score (nSPS) is 58.0. The molecule has 7 aliphatic rings. The summed E-state index contributed by atoms with van der Waals surface area (Å²) < 4.78 is 62.4. The molecule has 0 amide bonds. The predicted molar refractivity (Wildman–Crippen MR) is 161 cm³/mol. The van der Waals surface area contributed by atoms with Crippen molar-refractivity contribution in [2.24, 2.45) is 52.3 Å². The number of hydrogen-bond donors (Lipinski definition) is 4. The highest BCUT2D eigenvalue weighted by Crippen LogP contribution is 2.71. The molecule has 0 unspecified atom stereocenters. The Kier molecular flexibility index (Phi) is 8.32. The Morgan fingerprint density at radius 1 is 0.889 bits per heavy atom. The summed E-state index contributed by atoms with van der Waals surface area (Å²) in [4.78, 5) is 0. The molecule has 4 saturated carbocycles. The molecule has 7 rings (SSSR count). The average molecular weight is 659 g/mol. The summed E-state index contributed by atoms with van der Waals surface area (Å²) in [6.07, 6.45) is 0.783. The molecule has 4 N–H and O–H groups in total. The summed E-state index contributed by atoms with van der Waals surface area (Å²) in [7, 11) is -4.88. The second-order valence-corrected chi connectivity index (χ2v) is 17.5. The Morgan fingerprint density at radius 2 is 1.64 bits per heavy atom. The zero-order chi connectivity index (χ0) is 32.3. The van der Waals surface area contributed by atoms with E-state index in [9.17, 15) is 28.3 Å². The van der Waals surface area contributed by atoms with Crippen LogP contribution in [0.1, 0.15) is 92.4 Å². The molecule has 4 aliphatic carbocycles. The first kappa shape index (κ1) is 33.1. The molecule has 7 fully saturated rings. The van der Waals surface area contributed by atoms with Gasteiger partial charge in [0, 0.05) is 18.8 Å². The van der Waals surface area contributed by atoms with E-state index in [0.717, 1.165) is 51.6 Å². The van der Waals surface area contributed by atoms with Crippen molar-refractivity contribution in [1.29, 1.82) is 0 Å². The standard InChI is InChI=1S/C33H54O11S/c1-16-8-11-33(40-15-16)17(2)26-24(43-33)14-23-21-7-6-19-12-20(34)13-25(32(19,5)22(21)9-10-31(23,26)4)42-30-28(36)27(35)29(18(3)41-30)44-45(37,38)39/h16-30,34-36H,6-15H2,1-5H3,(H,37,38,39)/t16-,17-,18-,19-,20+,21+,22-,23-,24-,25+,26-,27-,28-,29+,30+,31-,32-,33+/m0/s1. The van der Waals surface area contributed by atoms with Crippen molar-refractivity contribution in [2.75, 3.05) is 6.61 Å². The van der Waals surface area contributed by atoms with E-state index in [-0.39, 0.29) is 22.9 Å². The zero-order valence-electron chi connectivity index (χ0n) is 27.3. The number of rotatable bonds is 4. The van der Waals surface area contributed by atoms with Crippen LogP contribution in [0, 0.1) is 52.3 Å². The van der Waals surface area contributed by atoms with Crippen molar-refractivity contribution in [3.05, 3.63) is 0 Å². The molecule has 0 bridgehead atoms. The Balaban J connectivity index is 1.11. The summed E-state index contributed by atoms with van der Waals surface area (Å²) in [5.41, 5.74) is -0.115. The molecular weight excluding hydrogens is 604 g/mol. The first-order valence-corrected chi connectivity index (χ1v) is 18.8. The van der Waals surface area contributed by atoms with Gasteiger partial charge in [0.2, 0.25) is 0 Å². The van der Waals surface area contributed by atoms with Crippen molar-refractivity contribution in [3.63, 3.8) is 0 Å². The third-order valence-corrected chi connectivity index (χ3v) is 14.7. The Hall–Kier alpha value is -0.410. The van der Waals surface area contributed by atoms with E-state index in [0.29, 0.717) is 48.3 Å². The molecule has 1 spiro atoms. The Labute approximate surface area is 267 Å². The fourth-order valence-electron chi connectivity index (χ4n) is 12.0. The zero-order valence-corrected chi connectivity index (χ0v) is 28.1. The van der Waals surface area contributed by atoms with Gasteiger partial charge in [-0.2, -0.15) is 8.42 Å². The second kappa shape index (κ2) is 11.3. The molecular formula is C33H54O11S. The van der Waals surface area contributed by atoms with Crippen LogP contribution < -0.4 is 0 Å². The third-order valence-electron chi connectivity index (χ3n) is 14.3. The van der Waals surface area contributed by atoms with Crippen LogP contribution in [-0.4, -0.2) is 89.7 Å². The van der Waals surface area contributed by atoms with Gasteiger partial charge in [-0.1, -0.05) is 27.7 Å². The van der Waals surface area contributed by atoms with Gasteiger partial charge in [-0.15, -0.1) is 0 Å². The first-order chi connectivity index (χ1) is 21.1. The molecule has 12 heteroatoms. The van der Waals surface area contributed by atoms with E-state index in [2.05, 4.69) is 31.9 Å². The van der Waals surface area contributed by atoms with Gasteiger partial charge in [0.05, 0.1) is 31.0 Å². The number of hydrogen-bond acceptors (Lipinski definition) is 10. The van der Waals surface area contributed by atoms with Crippen molar-refractivity contribution >= 4 is 10.4 Å². The summed E-state index contributed by atoms with van der Waals surface area (Å²) >= 11 is 0. The van der Waals surface area contributed by atoms with E-state index in [1.165, 1.54) is 6.92 Å². The maximum atomic E-state index is 11.4. The SMILES string of the molecule is C[C@H]1CC[C@@]2(OC1)O[C@H]1C[C@H]3[C@@H]4CC[C@H]5C[C@@H](O)C[C@@H](O[C@H]6O[C@@H](C)[C@@H](OS(=O)(=O)O)[C@@H](O)[C@@H]6O)[C@]5(C)[C@H]4CC[C@]3(C)[C@H]1[C@@H]2C. The molecule has 3 saturated heterocycles.